The van der Waals surface area contributed by atoms with Crippen molar-refractivity contribution in [2.75, 3.05) is 25.0 Å². The van der Waals surface area contributed by atoms with Gasteiger partial charge in [0.1, 0.15) is 0 Å². The average molecular weight is 598 g/mol. The number of carbonyl (C=O) groups is 1. The Labute approximate surface area is 213 Å². The predicted molar refractivity (Wildman–Crippen MR) is 127 cm³/mol. The van der Waals surface area contributed by atoms with Gasteiger partial charge >= 0.3 is 18.0 Å². The number of non-ortho nitro benzene ring substituents is 1. The summed E-state index contributed by atoms with van der Waals surface area (Å²) in [6, 6.07) is 2.05. The highest BCUT2D eigenvalue weighted by molar-refractivity contribution is 9.10. The molecule has 1 rings (SSSR count). The Morgan fingerprint density at radius 2 is 1.33 bits per heavy atom. The monoisotopic (exact) mass is 597 g/mol. The van der Waals surface area contributed by atoms with E-state index in [9.17, 15) is 45.6 Å². The number of rotatable bonds is 12. The van der Waals surface area contributed by atoms with Crippen LogP contribution < -0.4 is 5.32 Å². The molecule has 1 aromatic rings. The van der Waals surface area contributed by atoms with Crippen LogP contribution in [0.4, 0.5) is 42.1 Å². The standard InChI is InChI=1S/C12H27N.C10H4BrF7N2O3/c1-4-7-10-13(11-8-5-2)12-9-6-3;11-5-3-4(20(22)23)1-2-6(5)19-7(21)8(12,9(13,14)15)10(16,17)18/h4-12H2,1-3H3;1-3H,(H,19,21). The maximum absolute atomic E-state index is 13.4. The maximum Gasteiger partial charge on any atom is 0.441 e. The Balaban J connectivity index is 0.000000802. The zero-order valence-corrected chi connectivity index (χ0v) is 21.8. The lowest BCUT2D eigenvalue weighted by Gasteiger charge is -2.28. The molecule has 14 heteroatoms. The molecule has 0 fully saturated rings. The Bertz CT molecular complexity index is 803. The summed E-state index contributed by atoms with van der Waals surface area (Å²) in [6.07, 6.45) is -5.02. The van der Waals surface area contributed by atoms with E-state index in [0.717, 1.165) is 5.32 Å². The molecule has 0 aromatic heterocycles. The molecule has 1 N–H and O–H groups in total. The van der Waals surface area contributed by atoms with Gasteiger partial charge in [0.2, 0.25) is 0 Å². The van der Waals surface area contributed by atoms with Crippen molar-refractivity contribution >= 4 is 33.2 Å². The van der Waals surface area contributed by atoms with Crippen molar-refractivity contribution in [1.29, 1.82) is 0 Å². The van der Waals surface area contributed by atoms with Crippen LogP contribution in [0.3, 0.4) is 0 Å². The Hall–Kier alpha value is -1.96. The molecule has 0 aliphatic carbocycles. The lowest BCUT2D eigenvalue weighted by Crippen LogP contribution is -2.60. The summed E-state index contributed by atoms with van der Waals surface area (Å²) < 4.78 is 87.2. The van der Waals surface area contributed by atoms with Crippen molar-refractivity contribution in [3.8, 4) is 0 Å². The van der Waals surface area contributed by atoms with Crippen molar-refractivity contribution in [1.82, 2.24) is 4.90 Å². The first-order valence-corrected chi connectivity index (χ1v) is 12.2. The van der Waals surface area contributed by atoms with E-state index in [1.54, 1.807) is 0 Å². The molecule has 0 aliphatic heterocycles. The lowest BCUT2D eigenvalue weighted by atomic mass is 10.0. The molecule has 0 unspecified atom stereocenters. The highest BCUT2D eigenvalue weighted by Crippen LogP contribution is 2.47. The van der Waals surface area contributed by atoms with E-state index in [1.165, 1.54) is 58.2 Å². The minimum absolute atomic E-state index is 0.410. The zero-order chi connectivity index (χ0) is 28.2. The number of nitrogens with one attached hydrogen (secondary N) is 1. The van der Waals surface area contributed by atoms with Gasteiger partial charge in [0.25, 0.3) is 11.6 Å². The minimum Gasteiger partial charge on any atom is -0.322 e. The number of alkyl halides is 7. The van der Waals surface area contributed by atoms with Crippen LogP contribution in [0.15, 0.2) is 22.7 Å². The summed E-state index contributed by atoms with van der Waals surface area (Å²) in [7, 11) is 0. The van der Waals surface area contributed by atoms with E-state index in [-0.39, 0.29) is 0 Å². The molecule has 0 radical (unpaired) electrons. The molecule has 0 saturated heterocycles. The first kappa shape index (κ1) is 34.0. The molecule has 36 heavy (non-hydrogen) atoms. The normalized spacial score (nSPS) is 12.2. The smallest absolute Gasteiger partial charge is 0.322 e. The van der Waals surface area contributed by atoms with Crippen LogP contribution in [0.1, 0.15) is 59.3 Å². The predicted octanol–water partition coefficient (Wildman–Crippen LogP) is 7.82. The topological polar surface area (TPSA) is 75.5 Å². The number of benzene rings is 1. The van der Waals surface area contributed by atoms with E-state index in [4.69, 9.17) is 0 Å². The van der Waals surface area contributed by atoms with Crippen LogP contribution in [-0.4, -0.2) is 53.4 Å². The summed E-state index contributed by atoms with van der Waals surface area (Å²) in [5, 5.41) is 11.6. The van der Waals surface area contributed by atoms with Gasteiger partial charge in [-0.05, 0) is 60.9 Å². The number of anilines is 1. The summed E-state index contributed by atoms with van der Waals surface area (Å²) in [5.74, 6) is -3.02. The average Bonchev–Trinajstić information content (AvgIpc) is 2.78. The van der Waals surface area contributed by atoms with E-state index < -0.39 is 44.7 Å². The van der Waals surface area contributed by atoms with Crippen LogP contribution in [0, 0.1) is 10.1 Å². The van der Waals surface area contributed by atoms with Gasteiger partial charge in [-0.25, -0.2) is 4.39 Å². The molecule has 1 aromatic carbocycles. The third kappa shape index (κ3) is 10.2. The number of nitro groups is 1. The molecule has 1 amide bonds. The van der Waals surface area contributed by atoms with Crippen LogP contribution in [0.2, 0.25) is 0 Å². The Morgan fingerprint density at radius 1 is 0.917 bits per heavy atom. The van der Waals surface area contributed by atoms with E-state index >= 15 is 0 Å². The molecular formula is C22H31BrF7N3O3. The molecule has 0 saturated carbocycles. The van der Waals surface area contributed by atoms with Crippen LogP contribution in [0.25, 0.3) is 0 Å². The number of halogens is 8. The molecule has 0 aliphatic rings. The van der Waals surface area contributed by atoms with Gasteiger partial charge in [-0.1, -0.05) is 40.0 Å². The number of amides is 1. The fourth-order valence-electron chi connectivity index (χ4n) is 2.83. The second kappa shape index (κ2) is 15.3. The molecule has 0 heterocycles. The van der Waals surface area contributed by atoms with Gasteiger partial charge in [-0.15, -0.1) is 0 Å². The van der Waals surface area contributed by atoms with Gasteiger partial charge in [-0.2, -0.15) is 26.3 Å². The zero-order valence-electron chi connectivity index (χ0n) is 20.2. The van der Waals surface area contributed by atoms with Crippen molar-refractivity contribution in [3.05, 3.63) is 32.8 Å². The second-order valence-electron chi connectivity index (χ2n) is 7.93. The minimum atomic E-state index is -6.55. The quantitative estimate of drug-likeness (QED) is 0.151. The first-order valence-electron chi connectivity index (χ1n) is 11.4. The van der Waals surface area contributed by atoms with Crippen molar-refractivity contribution in [3.63, 3.8) is 0 Å². The van der Waals surface area contributed by atoms with Gasteiger partial charge < -0.3 is 10.2 Å². The van der Waals surface area contributed by atoms with Crippen LogP contribution in [0.5, 0.6) is 0 Å². The number of nitro benzene ring substituents is 1. The summed E-state index contributed by atoms with van der Waals surface area (Å²) in [5.41, 5.74) is -7.41. The molecule has 0 atom stereocenters. The molecule has 0 spiro atoms. The largest absolute Gasteiger partial charge is 0.441 e. The van der Waals surface area contributed by atoms with Crippen molar-refractivity contribution < 1.29 is 40.5 Å². The van der Waals surface area contributed by atoms with Crippen LogP contribution >= 0.6 is 15.9 Å². The summed E-state index contributed by atoms with van der Waals surface area (Å²) >= 11 is 2.61. The van der Waals surface area contributed by atoms with Gasteiger partial charge in [0.15, 0.2) is 0 Å². The molecule has 208 valence electrons. The Morgan fingerprint density at radius 3 is 1.64 bits per heavy atom. The van der Waals surface area contributed by atoms with E-state index in [2.05, 4.69) is 41.6 Å². The van der Waals surface area contributed by atoms with Gasteiger partial charge in [0.05, 0.1) is 10.6 Å². The number of hydrogen-bond acceptors (Lipinski definition) is 4. The third-order valence-electron chi connectivity index (χ3n) is 4.99. The molecule has 0 bridgehead atoms. The molecular weight excluding hydrogens is 567 g/mol. The number of carbonyl (C=O) groups excluding carboxylic acids is 1. The van der Waals surface area contributed by atoms with Crippen LogP contribution in [-0.2, 0) is 4.79 Å². The van der Waals surface area contributed by atoms with Crippen molar-refractivity contribution in [2.45, 2.75) is 77.3 Å². The lowest BCUT2D eigenvalue weighted by molar-refractivity contribution is -0.384. The fourth-order valence-corrected chi connectivity index (χ4v) is 3.29. The van der Waals surface area contributed by atoms with Gasteiger partial charge in [-0.3, -0.25) is 14.9 Å². The van der Waals surface area contributed by atoms with Gasteiger partial charge in [0, 0.05) is 16.6 Å². The van der Waals surface area contributed by atoms with E-state index in [1.807, 2.05) is 0 Å². The number of unbranched alkanes of at least 4 members (excludes halogenated alkanes) is 3. The first-order chi connectivity index (χ1) is 16.6. The third-order valence-corrected chi connectivity index (χ3v) is 5.65. The summed E-state index contributed by atoms with van der Waals surface area (Å²) in [6.45, 7) is 10.8. The SMILES string of the molecule is CCCCN(CCCC)CCCC.O=C(Nc1ccc([N+](=O)[O-])cc1Br)C(F)(C(F)(F)F)C(F)(F)F. The second-order valence-corrected chi connectivity index (χ2v) is 8.79. The van der Waals surface area contributed by atoms with E-state index in [0.29, 0.717) is 18.2 Å². The summed E-state index contributed by atoms with van der Waals surface area (Å²) in [4.78, 5) is 23.4. The Kier molecular flexibility index (Phi) is 14.5. The molecule has 6 nitrogen and oxygen atoms in total. The highest BCUT2D eigenvalue weighted by Gasteiger charge is 2.77. The van der Waals surface area contributed by atoms with Crippen molar-refractivity contribution in [2.24, 2.45) is 0 Å². The number of hydrogen-bond donors (Lipinski definition) is 1. The number of nitrogens with zero attached hydrogens (tertiary/aromatic N) is 2. The highest BCUT2D eigenvalue weighted by atomic mass is 79.9. The fraction of sp³-hybridized carbons (Fsp3) is 0.682. The maximum atomic E-state index is 13.4.